The van der Waals surface area contributed by atoms with Gasteiger partial charge in [0.25, 0.3) is 0 Å². The first-order valence-electron chi connectivity index (χ1n) is 34.5. The minimum Gasteiger partial charge on any atom is -0.497 e. The first-order valence-corrected chi connectivity index (χ1v) is 36.7. The number of hydrogen-bond donors (Lipinski definition) is 0. The highest BCUT2D eigenvalue weighted by atomic mass is 79.9. The van der Waals surface area contributed by atoms with Crippen molar-refractivity contribution in [1.29, 1.82) is 0 Å². The number of rotatable bonds is 18. The van der Waals surface area contributed by atoms with Gasteiger partial charge in [-0.15, -0.1) is 6.58 Å². The molecule has 0 amide bonds. The first-order chi connectivity index (χ1) is 42.1. The number of ether oxygens (including phenoxy) is 6. The van der Waals surface area contributed by atoms with Gasteiger partial charge in [0.1, 0.15) is 5.75 Å². The molecule has 0 N–H and O–H groups in total. The quantitative estimate of drug-likeness (QED) is 0.0727. The number of thioether (sulfide) groups is 1. The van der Waals surface area contributed by atoms with Gasteiger partial charge in [-0.3, -0.25) is 0 Å². The van der Waals surface area contributed by atoms with Crippen molar-refractivity contribution < 1.29 is 28.4 Å². The number of unbranched alkanes of at least 4 members (excludes halogenated alkanes) is 2. The molecule has 4 aromatic rings. The van der Waals surface area contributed by atoms with Gasteiger partial charge in [-0.25, -0.2) is 0 Å². The van der Waals surface area contributed by atoms with E-state index in [0.29, 0.717) is 45.3 Å². The van der Waals surface area contributed by atoms with Crippen molar-refractivity contribution in [3.05, 3.63) is 130 Å². The molecular formula is C84H155BrO6S. The van der Waals surface area contributed by atoms with Crippen molar-refractivity contribution in [2.24, 2.45) is 45.8 Å². The Morgan fingerprint density at radius 3 is 1.12 bits per heavy atom. The molecule has 0 aromatic heterocycles. The van der Waals surface area contributed by atoms with Crippen LogP contribution in [0, 0.1) is 45.8 Å². The molecule has 0 fully saturated rings. The van der Waals surface area contributed by atoms with E-state index in [1.165, 1.54) is 54.5 Å². The number of halogens is 1. The molecule has 0 aliphatic heterocycles. The lowest BCUT2D eigenvalue weighted by molar-refractivity contribution is 0.159. The van der Waals surface area contributed by atoms with Crippen molar-refractivity contribution in [1.82, 2.24) is 0 Å². The number of hydrogen-bond acceptors (Lipinski definition) is 7. The average Bonchev–Trinajstić information content (AvgIpc) is 0.904. The Hall–Kier alpha value is -3.43. The molecule has 0 unspecified atom stereocenters. The molecule has 0 atom stereocenters. The number of methoxy groups -OCH3 is 6. The van der Waals surface area contributed by atoms with Gasteiger partial charge in [-0.2, -0.15) is 11.8 Å². The summed E-state index contributed by atoms with van der Waals surface area (Å²) in [5.74, 6) is 8.89. The minimum absolute atomic E-state index is 0.0484. The highest BCUT2D eigenvalue weighted by molar-refractivity contribution is 9.10. The van der Waals surface area contributed by atoms with Crippen molar-refractivity contribution in [2.75, 3.05) is 67.9 Å². The van der Waals surface area contributed by atoms with Gasteiger partial charge >= 0.3 is 0 Å². The molecule has 0 aliphatic rings. The summed E-state index contributed by atoms with van der Waals surface area (Å²) in [6, 6.07) is 31.3. The maximum absolute atomic E-state index is 5.31. The molecule has 6 nitrogen and oxygen atoms in total. The maximum atomic E-state index is 5.31. The lowest BCUT2D eigenvalue weighted by Gasteiger charge is -2.22. The molecule has 0 heterocycles. The van der Waals surface area contributed by atoms with E-state index in [2.05, 4.69) is 303 Å². The smallest absolute Gasteiger partial charge is 0.203 e. The predicted molar refractivity (Wildman–Crippen MR) is 424 cm³/mol. The van der Waals surface area contributed by atoms with Crippen molar-refractivity contribution in [3.63, 3.8) is 0 Å². The molecular weight excluding hydrogens is 1220 g/mol. The summed E-state index contributed by atoms with van der Waals surface area (Å²) >= 11 is 5.30. The zero-order valence-electron chi connectivity index (χ0n) is 67.7. The third kappa shape index (κ3) is 80.8. The molecule has 0 saturated carbocycles. The molecule has 0 radical (unpaired) electrons. The van der Waals surface area contributed by atoms with Crippen LogP contribution in [0.2, 0.25) is 0 Å². The zero-order chi connectivity index (χ0) is 73.5. The maximum Gasteiger partial charge on any atom is 0.203 e. The Balaban J connectivity index is -0.000000177. The molecule has 0 aliphatic carbocycles. The lowest BCUT2D eigenvalue weighted by atomic mass is 9.86. The van der Waals surface area contributed by atoms with Crippen LogP contribution in [0.1, 0.15) is 274 Å². The molecule has 4 rings (SSSR count). The van der Waals surface area contributed by atoms with Gasteiger partial charge in [0.15, 0.2) is 11.5 Å². The highest BCUT2D eigenvalue weighted by Gasteiger charge is 2.20. The fraction of sp³-hybridized carbons (Fsp3) is 0.690. The van der Waals surface area contributed by atoms with Gasteiger partial charge in [0, 0.05) is 31.9 Å². The van der Waals surface area contributed by atoms with Crippen molar-refractivity contribution >= 4 is 27.7 Å². The van der Waals surface area contributed by atoms with Crippen LogP contribution in [0.15, 0.2) is 108 Å². The summed E-state index contributed by atoms with van der Waals surface area (Å²) in [5.41, 5.74) is 6.96. The van der Waals surface area contributed by atoms with Crippen LogP contribution in [0.5, 0.6) is 23.0 Å². The Morgan fingerprint density at radius 1 is 0.500 bits per heavy atom. The first kappa shape index (κ1) is 102. The van der Waals surface area contributed by atoms with Crippen LogP contribution < -0.4 is 18.9 Å². The second-order valence-electron chi connectivity index (χ2n) is 32.0. The molecule has 0 spiro atoms. The van der Waals surface area contributed by atoms with Crippen molar-refractivity contribution in [3.8, 4) is 23.0 Å². The average molecular weight is 1370 g/mol. The van der Waals surface area contributed by atoms with E-state index < -0.39 is 0 Å². The van der Waals surface area contributed by atoms with Gasteiger partial charge in [-0.1, -0.05) is 310 Å². The monoisotopic (exact) mass is 1370 g/mol. The molecule has 92 heavy (non-hydrogen) atoms. The summed E-state index contributed by atoms with van der Waals surface area (Å²) in [6.45, 7) is 71.3. The summed E-state index contributed by atoms with van der Waals surface area (Å²) in [4.78, 5) is 0. The second-order valence-corrected chi connectivity index (χ2v) is 33.8. The fourth-order valence-corrected chi connectivity index (χ4v) is 7.42. The van der Waals surface area contributed by atoms with Gasteiger partial charge < -0.3 is 28.4 Å². The third-order valence-corrected chi connectivity index (χ3v) is 13.5. The largest absolute Gasteiger partial charge is 0.497 e. The topological polar surface area (TPSA) is 55.4 Å². The van der Waals surface area contributed by atoms with E-state index in [1.807, 2.05) is 42.1 Å². The Kier molecular flexibility index (Phi) is 66.6. The highest BCUT2D eigenvalue weighted by Crippen LogP contribution is 2.41. The Morgan fingerprint density at radius 2 is 0.891 bits per heavy atom. The SMILES string of the molecule is C=CC(C)C.CC(C)(C)C.CC(C)C.CC(C)Cc1ccccc1.CC(C)c1ccc(Br)cc1.CCCCCC(C)C.COCCC(C)(C)C.COCCC(C)(C)C.COc1cc(C(C)(C)C)cc(OC)c1OC.COc1ccc(C(C)(C)C)cc1.CSCC(C)C. The van der Waals surface area contributed by atoms with Crippen LogP contribution in [-0.4, -0.2) is 67.9 Å². The molecule has 4 aromatic carbocycles. The second kappa shape index (κ2) is 60.0. The van der Waals surface area contributed by atoms with E-state index in [0.717, 1.165) is 65.5 Å². The Labute approximate surface area is 589 Å². The fourth-order valence-electron chi connectivity index (χ4n) is 6.49. The number of allylic oxidation sites excluding steroid dienone is 1. The summed E-state index contributed by atoms with van der Waals surface area (Å²) in [7, 11) is 10.0. The predicted octanol–water partition coefficient (Wildman–Crippen LogP) is 27.4. The normalized spacial score (nSPS) is 10.8. The van der Waals surface area contributed by atoms with Gasteiger partial charge in [0.05, 0.1) is 28.4 Å². The molecule has 0 saturated heterocycles. The summed E-state index contributed by atoms with van der Waals surface area (Å²) < 4.78 is 32.0. The van der Waals surface area contributed by atoms with Gasteiger partial charge in [0.2, 0.25) is 5.75 Å². The summed E-state index contributed by atoms with van der Waals surface area (Å²) in [5, 5.41) is 0. The lowest BCUT2D eigenvalue weighted by Crippen LogP contribution is -2.11. The van der Waals surface area contributed by atoms with Crippen LogP contribution in [0.3, 0.4) is 0 Å². The Bertz CT molecular complexity index is 2130. The van der Waals surface area contributed by atoms with Crippen LogP contribution in [0.4, 0.5) is 0 Å². The van der Waals surface area contributed by atoms with Crippen molar-refractivity contribution in [2.45, 2.75) is 269 Å². The third-order valence-electron chi connectivity index (χ3n) is 12.0. The molecule has 540 valence electrons. The van der Waals surface area contributed by atoms with E-state index in [-0.39, 0.29) is 10.8 Å². The van der Waals surface area contributed by atoms with E-state index in [9.17, 15) is 0 Å². The number of benzene rings is 4. The van der Waals surface area contributed by atoms with E-state index in [4.69, 9.17) is 28.4 Å². The molecule has 0 bridgehead atoms. The van der Waals surface area contributed by atoms with Gasteiger partial charge in [-0.05, 0) is 153 Å². The molecule has 8 heteroatoms. The minimum atomic E-state index is 0.0484. The van der Waals surface area contributed by atoms with Crippen LogP contribution in [-0.2, 0) is 26.7 Å². The van der Waals surface area contributed by atoms with E-state index >= 15 is 0 Å². The zero-order valence-corrected chi connectivity index (χ0v) is 70.1. The van der Waals surface area contributed by atoms with Crippen LogP contribution in [0.25, 0.3) is 0 Å². The summed E-state index contributed by atoms with van der Waals surface area (Å²) in [6.07, 6.45) is 13.1. The van der Waals surface area contributed by atoms with Crippen LogP contribution >= 0.6 is 27.7 Å². The standard InChI is InChI=1S/C13H20O3.C11H16O.C10H14.C9H11Br.C8H18.2C7H16O.C5H12S.C5H12.C5H10.C4H10/c1-13(2,3)9-7-10(14-4)12(16-6)11(8-9)15-5;1-11(2,3)9-5-7-10(12-4)8-6-9;1-9(2)8-10-6-4-3-5-7-10;1-7(2)8-3-5-9(10)6-4-8;1-4-5-6-7-8(2)3;2*1-7(2,3)5-6-8-4;1-5(2)4-6-3;1-5(2,3)4;1-4-5(2)3;1-4(2)3/h7-8H,1-6H3;5-8H,1-4H3;3-7,9H,8H2,1-2H3;3-7H,1-2H3;8H,4-7H2,1-3H3;2*5-6H2,1-4H3;5H,4H2,1-3H3;1-4H3;4-5H,1H2,2-3H3;4H,1-3H3. The van der Waals surface area contributed by atoms with E-state index in [1.54, 1.807) is 42.7 Å².